The molecule has 252 valence electrons. The van der Waals surface area contributed by atoms with Crippen molar-refractivity contribution in [3.05, 3.63) is 199 Å². The van der Waals surface area contributed by atoms with Gasteiger partial charge in [-0.3, -0.25) is 0 Å². The number of para-hydroxylation sites is 1. The van der Waals surface area contributed by atoms with E-state index in [0.717, 1.165) is 39.0 Å². The maximum atomic E-state index is 6.36. The van der Waals surface area contributed by atoms with Crippen molar-refractivity contribution in [1.82, 2.24) is 0 Å². The van der Waals surface area contributed by atoms with Gasteiger partial charge in [0.05, 0.1) is 11.1 Å². The molecular formula is C51H37NO. The molecule has 0 fully saturated rings. The number of benzene rings is 8. The zero-order valence-electron chi connectivity index (χ0n) is 29.8. The highest BCUT2D eigenvalue weighted by atomic mass is 16.3. The predicted molar refractivity (Wildman–Crippen MR) is 222 cm³/mol. The Morgan fingerprint density at radius 1 is 0.396 bits per heavy atom. The van der Waals surface area contributed by atoms with Gasteiger partial charge >= 0.3 is 0 Å². The van der Waals surface area contributed by atoms with E-state index < -0.39 is 0 Å². The van der Waals surface area contributed by atoms with Gasteiger partial charge in [-0.2, -0.15) is 0 Å². The number of rotatable bonds is 6. The fraction of sp³-hybridized carbons (Fsp3) is 0.0588. The second-order valence-corrected chi connectivity index (χ2v) is 14.5. The van der Waals surface area contributed by atoms with E-state index in [1.807, 2.05) is 12.1 Å². The number of nitrogens with zero attached hydrogens (tertiary/aromatic N) is 1. The second kappa shape index (κ2) is 12.3. The number of hydrogen-bond acceptors (Lipinski definition) is 2. The Hall–Kier alpha value is -6.64. The van der Waals surface area contributed by atoms with Crippen LogP contribution < -0.4 is 4.90 Å². The van der Waals surface area contributed by atoms with E-state index in [4.69, 9.17) is 4.42 Å². The summed E-state index contributed by atoms with van der Waals surface area (Å²) in [5.74, 6) is 0. The van der Waals surface area contributed by atoms with Crippen molar-refractivity contribution in [1.29, 1.82) is 0 Å². The van der Waals surface area contributed by atoms with Crippen LogP contribution in [-0.4, -0.2) is 0 Å². The normalized spacial score (nSPS) is 12.9. The van der Waals surface area contributed by atoms with Gasteiger partial charge in [0.15, 0.2) is 0 Å². The Morgan fingerprint density at radius 2 is 0.943 bits per heavy atom. The molecule has 1 heterocycles. The van der Waals surface area contributed by atoms with Gasteiger partial charge in [-0.25, -0.2) is 0 Å². The molecule has 0 unspecified atom stereocenters. The number of anilines is 3. The van der Waals surface area contributed by atoms with Gasteiger partial charge in [-0.1, -0.05) is 159 Å². The van der Waals surface area contributed by atoms with E-state index in [1.54, 1.807) is 0 Å². The summed E-state index contributed by atoms with van der Waals surface area (Å²) in [6, 6.07) is 67.7. The summed E-state index contributed by atoms with van der Waals surface area (Å²) in [5.41, 5.74) is 17.7. The van der Waals surface area contributed by atoms with Crippen molar-refractivity contribution in [2.24, 2.45) is 0 Å². The van der Waals surface area contributed by atoms with Crippen LogP contribution in [0.3, 0.4) is 0 Å². The summed E-state index contributed by atoms with van der Waals surface area (Å²) in [6.07, 6.45) is 0. The van der Waals surface area contributed by atoms with Crippen molar-refractivity contribution < 1.29 is 4.42 Å². The van der Waals surface area contributed by atoms with Crippen LogP contribution in [0.1, 0.15) is 25.0 Å². The third-order valence-electron chi connectivity index (χ3n) is 11.1. The van der Waals surface area contributed by atoms with E-state index >= 15 is 0 Å². The highest BCUT2D eigenvalue weighted by Gasteiger charge is 2.36. The standard InChI is InChI=1S/C51H37NO/c1-51(2)44-21-10-8-18-42(44)49-41(20-12-22-45(49)51)40-17-7-6-16-39(40)36-28-32-38(33-29-36)52(37-30-26-35(27-31-37)34-14-4-3-5-15-34)46-23-13-25-48-50(46)43-19-9-11-24-47(43)53-48/h3-33H,1-2H3. The molecule has 9 aromatic rings. The van der Waals surface area contributed by atoms with Crippen LogP contribution >= 0.6 is 0 Å². The third-order valence-corrected chi connectivity index (χ3v) is 11.1. The lowest BCUT2D eigenvalue weighted by atomic mass is 9.81. The van der Waals surface area contributed by atoms with Gasteiger partial charge in [-0.15, -0.1) is 0 Å². The van der Waals surface area contributed by atoms with E-state index in [-0.39, 0.29) is 5.41 Å². The molecule has 0 radical (unpaired) electrons. The molecule has 0 saturated heterocycles. The number of hydrogen-bond donors (Lipinski definition) is 0. The van der Waals surface area contributed by atoms with E-state index in [1.165, 1.54) is 55.6 Å². The summed E-state index contributed by atoms with van der Waals surface area (Å²) < 4.78 is 6.36. The summed E-state index contributed by atoms with van der Waals surface area (Å²) in [6.45, 7) is 4.69. The van der Waals surface area contributed by atoms with E-state index in [0.29, 0.717) is 0 Å². The first-order valence-corrected chi connectivity index (χ1v) is 18.4. The summed E-state index contributed by atoms with van der Waals surface area (Å²) in [7, 11) is 0. The van der Waals surface area contributed by atoms with Crippen molar-refractivity contribution >= 4 is 39.0 Å². The zero-order chi connectivity index (χ0) is 35.5. The Balaban J connectivity index is 1.11. The maximum Gasteiger partial charge on any atom is 0.137 e. The Labute approximate surface area is 310 Å². The minimum Gasteiger partial charge on any atom is -0.456 e. The molecule has 0 aliphatic heterocycles. The Kier molecular flexibility index (Phi) is 7.19. The fourth-order valence-electron chi connectivity index (χ4n) is 8.54. The molecule has 1 aliphatic carbocycles. The first kappa shape index (κ1) is 31.1. The van der Waals surface area contributed by atoms with Crippen molar-refractivity contribution in [3.63, 3.8) is 0 Å². The molecule has 0 saturated carbocycles. The topological polar surface area (TPSA) is 16.4 Å². The fourth-order valence-corrected chi connectivity index (χ4v) is 8.54. The molecule has 1 aromatic heterocycles. The molecule has 0 atom stereocenters. The average Bonchev–Trinajstić information content (AvgIpc) is 3.72. The lowest BCUT2D eigenvalue weighted by Gasteiger charge is -2.27. The molecule has 2 heteroatoms. The molecule has 0 bridgehead atoms. The lowest BCUT2D eigenvalue weighted by Crippen LogP contribution is -2.14. The maximum absolute atomic E-state index is 6.36. The number of furan rings is 1. The zero-order valence-corrected chi connectivity index (χ0v) is 29.8. The average molecular weight is 680 g/mol. The molecule has 0 spiro atoms. The van der Waals surface area contributed by atoms with Crippen LogP contribution in [0, 0.1) is 0 Å². The molecular weight excluding hydrogens is 643 g/mol. The molecule has 8 aromatic carbocycles. The monoisotopic (exact) mass is 679 g/mol. The largest absolute Gasteiger partial charge is 0.456 e. The van der Waals surface area contributed by atoms with E-state index in [9.17, 15) is 0 Å². The van der Waals surface area contributed by atoms with Crippen LogP contribution in [0.5, 0.6) is 0 Å². The first-order valence-electron chi connectivity index (χ1n) is 18.4. The van der Waals surface area contributed by atoms with Crippen molar-refractivity contribution in [3.8, 4) is 44.5 Å². The van der Waals surface area contributed by atoms with Crippen LogP contribution in [0.25, 0.3) is 66.4 Å². The summed E-state index contributed by atoms with van der Waals surface area (Å²) in [4.78, 5) is 2.36. The first-order chi connectivity index (χ1) is 26.1. The molecule has 0 amide bonds. The predicted octanol–water partition coefficient (Wildman–Crippen LogP) is 14.4. The van der Waals surface area contributed by atoms with Gasteiger partial charge in [0, 0.05) is 22.2 Å². The van der Waals surface area contributed by atoms with Gasteiger partial charge in [-0.05, 0) is 98.1 Å². The SMILES string of the molecule is CC1(C)c2ccccc2-c2c(-c3ccccc3-c3ccc(N(c4ccc(-c5ccccc5)cc4)c4cccc5oc6ccccc6c45)cc3)cccc21. The van der Waals surface area contributed by atoms with Crippen LogP contribution in [0.15, 0.2) is 192 Å². The highest BCUT2D eigenvalue weighted by molar-refractivity contribution is 6.13. The molecule has 1 aliphatic rings. The Bertz CT molecular complexity index is 2790. The van der Waals surface area contributed by atoms with E-state index in [2.05, 4.69) is 195 Å². The minimum atomic E-state index is -0.0511. The number of fused-ring (bicyclic) bond motifs is 6. The third kappa shape index (κ3) is 5.02. The van der Waals surface area contributed by atoms with Crippen molar-refractivity contribution in [2.75, 3.05) is 4.90 Å². The summed E-state index contributed by atoms with van der Waals surface area (Å²) in [5, 5.41) is 2.21. The molecule has 0 N–H and O–H groups in total. The Morgan fingerprint density at radius 3 is 1.72 bits per heavy atom. The minimum absolute atomic E-state index is 0.0511. The van der Waals surface area contributed by atoms with Gasteiger partial charge in [0.1, 0.15) is 11.2 Å². The highest BCUT2D eigenvalue weighted by Crippen LogP contribution is 2.53. The molecule has 10 rings (SSSR count). The van der Waals surface area contributed by atoms with Crippen LogP contribution in [-0.2, 0) is 5.41 Å². The van der Waals surface area contributed by atoms with Crippen LogP contribution in [0.4, 0.5) is 17.1 Å². The van der Waals surface area contributed by atoms with Gasteiger partial charge < -0.3 is 9.32 Å². The second-order valence-electron chi connectivity index (χ2n) is 14.5. The molecule has 2 nitrogen and oxygen atoms in total. The smallest absolute Gasteiger partial charge is 0.137 e. The quantitative estimate of drug-likeness (QED) is 0.174. The summed E-state index contributed by atoms with van der Waals surface area (Å²) >= 11 is 0. The van der Waals surface area contributed by atoms with Gasteiger partial charge in [0.2, 0.25) is 0 Å². The molecule has 53 heavy (non-hydrogen) atoms. The lowest BCUT2D eigenvalue weighted by molar-refractivity contribution is 0.660. The van der Waals surface area contributed by atoms with Gasteiger partial charge in [0.25, 0.3) is 0 Å². The van der Waals surface area contributed by atoms with Crippen LogP contribution in [0.2, 0.25) is 0 Å². The van der Waals surface area contributed by atoms with Crippen molar-refractivity contribution in [2.45, 2.75) is 19.3 Å².